The number of fused-ring (bicyclic) bond motifs is 1. The SMILES string of the molecule is Cc1ccc2ccccc2c1CN(Cc1ccc(C(F)(F)F)o1)Cc1cnc(-c2cccc(C(C)(C)C(=O)O)c2)s1. The summed E-state index contributed by atoms with van der Waals surface area (Å²) in [5.41, 5.74) is 2.61. The maximum absolute atomic E-state index is 13.2. The Labute approximate surface area is 239 Å². The number of carbonyl (C=O) groups is 1. The number of furan rings is 1. The van der Waals surface area contributed by atoms with Gasteiger partial charge in [-0.25, -0.2) is 4.98 Å². The van der Waals surface area contributed by atoms with Gasteiger partial charge in [0.05, 0.1) is 12.0 Å². The smallest absolute Gasteiger partial charge is 0.449 e. The minimum Gasteiger partial charge on any atom is -0.481 e. The first-order valence-electron chi connectivity index (χ1n) is 13.1. The second-order valence-electron chi connectivity index (χ2n) is 10.6. The number of aromatic nitrogens is 1. The van der Waals surface area contributed by atoms with Crippen LogP contribution in [0.2, 0.25) is 0 Å². The standard InChI is InChI=1S/C32H29F3N2O3S/c1-20-11-12-21-7-4-5-10-26(21)27(20)19-37(17-24-13-14-28(40-24)32(33,34)35)18-25-16-36-29(41-25)22-8-6-9-23(15-22)31(2,3)30(38)39/h4-16H,17-19H2,1-3H3,(H,38,39). The molecule has 0 spiro atoms. The molecule has 0 unspecified atom stereocenters. The van der Waals surface area contributed by atoms with E-state index in [2.05, 4.69) is 28.1 Å². The molecule has 0 amide bonds. The number of nitrogens with zero attached hydrogens (tertiary/aromatic N) is 2. The molecule has 212 valence electrons. The maximum atomic E-state index is 13.2. The van der Waals surface area contributed by atoms with Crippen LogP contribution >= 0.6 is 11.3 Å². The van der Waals surface area contributed by atoms with Gasteiger partial charge in [0.2, 0.25) is 5.76 Å². The lowest BCUT2D eigenvalue weighted by Crippen LogP contribution is -2.28. The van der Waals surface area contributed by atoms with Crippen molar-refractivity contribution in [1.82, 2.24) is 9.88 Å². The average molecular weight is 579 g/mol. The molecule has 0 atom stereocenters. The quantitative estimate of drug-likeness (QED) is 0.190. The summed E-state index contributed by atoms with van der Waals surface area (Å²) in [6.45, 7) is 6.45. The topological polar surface area (TPSA) is 66.6 Å². The number of hydrogen-bond acceptors (Lipinski definition) is 5. The van der Waals surface area contributed by atoms with E-state index in [-0.39, 0.29) is 12.3 Å². The summed E-state index contributed by atoms with van der Waals surface area (Å²) in [5, 5.41) is 12.6. The molecule has 0 saturated heterocycles. The van der Waals surface area contributed by atoms with E-state index in [1.165, 1.54) is 17.4 Å². The molecule has 0 aliphatic carbocycles. The van der Waals surface area contributed by atoms with E-state index in [0.717, 1.165) is 43.4 Å². The second-order valence-corrected chi connectivity index (χ2v) is 11.7. The summed E-state index contributed by atoms with van der Waals surface area (Å²) in [4.78, 5) is 19.3. The Morgan fingerprint density at radius 2 is 1.76 bits per heavy atom. The van der Waals surface area contributed by atoms with Gasteiger partial charge in [0.1, 0.15) is 10.8 Å². The Hall–Kier alpha value is -3.95. The molecule has 41 heavy (non-hydrogen) atoms. The van der Waals surface area contributed by atoms with Crippen LogP contribution in [0.3, 0.4) is 0 Å². The van der Waals surface area contributed by atoms with Crippen LogP contribution in [0.4, 0.5) is 13.2 Å². The number of benzene rings is 3. The van der Waals surface area contributed by atoms with Gasteiger partial charge in [-0.15, -0.1) is 11.3 Å². The van der Waals surface area contributed by atoms with E-state index in [1.54, 1.807) is 26.1 Å². The molecule has 2 aromatic heterocycles. The monoisotopic (exact) mass is 578 g/mol. The first kappa shape index (κ1) is 28.6. The molecular formula is C32H29F3N2O3S. The lowest BCUT2D eigenvalue weighted by atomic mass is 9.84. The summed E-state index contributed by atoms with van der Waals surface area (Å²) >= 11 is 1.47. The predicted octanol–water partition coefficient (Wildman–Crippen LogP) is 8.45. The molecule has 0 aliphatic heterocycles. The fourth-order valence-electron chi connectivity index (χ4n) is 4.78. The Morgan fingerprint density at radius 1 is 0.976 bits per heavy atom. The Balaban J connectivity index is 1.45. The molecule has 3 aromatic carbocycles. The molecule has 0 radical (unpaired) electrons. The zero-order valence-electron chi connectivity index (χ0n) is 22.8. The molecule has 0 saturated carbocycles. The van der Waals surface area contributed by atoms with E-state index in [4.69, 9.17) is 4.42 Å². The van der Waals surface area contributed by atoms with Crippen molar-refractivity contribution < 1.29 is 27.5 Å². The Bertz CT molecular complexity index is 1700. The molecule has 0 aliphatic rings. The molecular weight excluding hydrogens is 549 g/mol. The minimum atomic E-state index is -4.55. The normalized spacial score (nSPS) is 12.4. The number of alkyl halides is 3. The van der Waals surface area contributed by atoms with Crippen molar-refractivity contribution in [3.8, 4) is 10.6 Å². The lowest BCUT2D eigenvalue weighted by molar-refractivity contribution is -0.153. The van der Waals surface area contributed by atoms with Crippen molar-refractivity contribution in [1.29, 1.82) is 0 Å². The number of rotatable bonds is 9. The van der Waals surface area contributed by atoms with E-state index in [0.29, 0.717) is 18.7 Å². The fourth-order valence-corrected chi connectivity index (χ4v) is 5.73. The molecule has 2 heterocycles. The van der Waals surface area contributed by atoms with Crippen molar-refractivity contribution in [3.05, 3.63) is 112 Å². The summed E-state index contributed by atoms with van der Waals surface area (Å²) in [7, 11) is 0. The number of carboxylic acid groups (broad SMARTS) is 1. The van der Waals surface area contributed by atoms with Gasteiger partial charge < -0.3 is 9.52 Å². The lowest BCUT2D eigenvalue weighted by Gasteiger charge is -2.23. The van der Waals surface area contributed by atoms with E-state index < -0.39 is 23.3 Å². The maximum Gasteiger partial charge on any atom is 0.449 e. The molecule has 0 bridgehead atoms. The number of carboxylic acids is 1. The van der Waals surface area contributed by atoms with Crippen LogP contribution in [0.15, 0.2) is 83.4 Å². The van der Waals surface area contributed by atoms with Gasteiger partial charge in [0.15, 0.2) is 0 Å². The van der Waals surface area contributed by atoms with Crippen LogP contribution < -0.4 is 0 Å². The first-order valence-corrected chi connectivity index (χ1v) is 13.9. The number of halogens is 3. The summed E-state index contributed by atoms with van der Waals surface area (Å²) in [5.74, 6) is -1.71. The molecule has 1 N–H and O–H groups in total. The number of hydrogen-bond donors (Lipinski definition) is 1. The van der Waals surface area contributed by atoms with Crippen molar-refractivity contribution in [2.75, 3.05) is 0 Å². The van der Waals surface area contributed by atoms with Crippen molar-refractivity contribution in [2.24, 2.45) is 0 Å². The predicted molar refractivity (Wildman–Crippen MR) is 154 cm³/mol. The van der Waals surface area contributed by atoms with Gasteiger partial charge in [0, 0.05) is 29.7 Å². The van der Waals surface area contributed by atoms with Crippen LogP contribution in [-0.4, -0.2) is 21.0 Å². The van der Waals surface area contributed by atoms with E-state index in [9.17, 15) is 23.1 Å². The number of aryl methyl sites for hydroxylation is 1. The summed E-state index contributed by atoms with van der Waals surface area (Å²) in [6.07, 6.45) is -2.78. The van der Waals surface area contributed by atoms with Gasteiger partial charge in [-0.3, -0.25) is 9.69 Å². The number of aliphatic carboxylic acids is 1. The highest BCUT2D eigenvalue weighted by molar-refractivity contribution is 7.15. The first-order chi connectivity index (χ1) is 19.4. The second kappa shape index (κ2) is 11.1. The van der Waals surface area contributed by atoms with Crippen LogP contribution in [0.1, 0.15) is 46.9 Å². The third-order valence-corrected chi connectivity index (χ3v) is 8.31. The fraction of sp³-hybridized carbons (Fsp3) is 0.250. The van der Waals surface area contributed by atoms with E-state index in [1.807, 2.05) is 43.3 Å². The van der Waals surface area contributed by atoms with Gasteiger partial charge >= 0.3 is 12.1 Å². The van der Waals surface area contributed by atoms with Crippen molar-refractivity contribution >= 4 is 28.1 Å². The van der Waals surface area contributed by atoms with Gasteiger partial charge in [-0.2, -0.15) is 13.2 Å². The van der Waals surface area contributed by atoms with Crippen molar-refractivity contribution in [2.45, 2.75) is 52.0 Å². The third-order valence-electron chi connectivity index (χ3n) is 7.28. The summed E-state index contributed by atoms with van der Waals surface area (Å²) < 4.78 is 44.9. The highest BCUT2D eigenvalue weighted by Gasteiger charge is 2.35. The average Bonchev–Trinajstić information content (AvgIpc) is 3.60. The molecule has 5 rings (SSSR count). The molecule has 0 fully saturated rings. The summed E-state index contributed by atoms with van der Waals surface area (Å²) in [6, 6.07) is 21.9. The largest absolute Gasteiger partial charge is 0.481 e. The Morgan fingerprint density at radius 3 is 2.49 bits per heavy atom. The highest BCUT2D eigenvalue weighted by atomic mass is 32.1. The van der Waals surface area contributed by atoms with Gasteiger partial charge in [0.25, 0.3) is 0 Å². The number of thiazole rings is 1. The van der Waals surface area contributed by atoms with Crippen LogP contribution in [0.25, 0.3) is 21.3 Å². The van der Waals surface area contributed by atoms with Gasteiger partial charge in [-0.05, 0) is 66.4 Å². The van der Waals surface area contributed by atoms with E-state index >= 15 is 0 Å². The van der Waals surface area contributed by atoms with Crippen molar-refractivity contribution in [3.63, 3.8) is 0 Å². The van der Waals surface area contributed by atoms with Crippen LogP contribution in [0.5, 0.6) is 0 Å². The van der Waals surface area contributed by atoms with Crippen LogP contribution in [0, 0.1) is 6.92 Å². The molecule has 5 nitrogen and oxygen atoms in total. The minimum absolute atomic E-state index is 0.175. The zero-order valence-corrected chi connectivity index (χ0v) is 23.6. The van der Waals surface area contributed by atoms with Gasteiger partial charge in [-0.1, -0.05) is 54.6 Å². The third kappa shape index (κ3) is 6.21. The highest BCUT2D eigenvalue weighted by Crippen LogP contribution is 2.34. The molecule has 5 aromatic rings. The van der Waals surface area contributed by atoms with Crippen LogP contribution in [-0.2, 0) is 36.0 Å². The zero-order chi connectivity index (χ0) is 29.4. The molecule has 9 heteroatoms. The Kier molecular flexibility index (Phi) is 7.76.